The maximum absolute atomic E-state index is 13.2. The Labute approximate surface area is 143 Å². The van der Waals surface area contributed by atoms with Gasteiger partial charge in [0.2, 0.25) is 0 Å². The van der Waals surface area contributed by atoms with Gasteiger partial charge in [-0.15, -0.1) is 0 Å². The van der Waals surface area contributed by atoms with Crippen LogP contribution in [0.2, 0.25) is 0 Å². The molecule has 0 bridgehead atoms. The lowest BCUT2D eigenvalue weighted by atomic mass is 10.1. The number of hydrogen-bond acceptors (Lipinski definition) is 4. The van der Waals surface area contributed by atoms with Crippen molar-refractivity contribution in [3.8, 4) is 0 Å². The summed E-state index contributed by atoms with van der Waals surface area (Å²) in [7, 11) is 0. The number of rotatable bonds is 3. The van der Waals surface area contributed by atoms with E-state index in [2.05, 4.69) is 10.3 Å². The standard InChI is InChI=1S/C17H18FN3O2S/c1-11-14(16(23)21-8-3-2-4-9-21)24-17(19-11)20-15(22)12-6-5-7-13(18)10-12/h5-7,10H,2-4,8-9H2,1H3,(H,19,20,22). The first-order valence-corrected chi connectivity index (χ1v) is 8.70. The predicted molar refractivity (Wildman–Crippen MR) is 91.0 cm³/mol. The number of aryl methyl sites for hydroxylation is 1. The van der Waals surface area contributed by atoms with Crippen molar-refractivity contribution in [2.75, 3.05) is 18.4 Å². The fraction of sp³-hybridized carbons (Fsp3) is 0.353. The van der Waals surface area contributed by atoms with Crippen LogP contribution in [0.1, 0.15) is 45.0 Å². The van der Waals surface area contributed by atoms with Crippen molar-refractivity contribution in [2.24, 2.45) is 0 Å². The highest BCUT2D eigenvalue weighted by atomic mass is 32.1. The summed E-state index contributed by atoms with van der Waals surface area (Å²) in [6.45, 7) is 3.29. The number of nitrogens with zero attached hydrogens (tertiary/aromatic N) is 2. The number of carbonyl (C=O) groups is 2. The lowest BCUT2D eigenvalue weighted by Gasteiger charge is -2.26. The lowest BCUT2D eigenvalue weighted by molar-refractivity contribution is 0.0728. The van der Waals surface area contributed by atoms with E-state index >= 15 is 0 Å². The molecule has 24 heavy (non-hydrogen) atoms. The van der Waals surface area contributed by atoms with Crippen molar-refractivity contribution in [2.45, 2.75) is 26.2 Å². The Morgan fingerprint density at radius 2 is 2.00 bits per heavy atom. The van der Waals surface area contributed by atoms with Gasteiger partial charge in [0, 0.05) is 18.7 Å². The van der Waals surface area contributed by atoms with Crippen LogP contribution in [0.4, 0.5) is 9.52 Å². The number of benzene rings is 1. The van der Waals surface area contributed by atoms with Crippen LogP contribution < -0.4 is 5.32 Å². The number of likely N-dealkylation sites (tertiary alicyclic amines) is 1. The smallest absolute Gasteiger partial charge is 0.265 e. The third-order valence-electron chi connectivity index (χ3n) is 3.94. The topological polar surface area (TPSA) is 62.3 Å². The van der Waals surface area contributed by atoms with Gasteiger partial charge < -0.3 is 4.90 Å². The molecule has 5 nitrogen and oxygen atoms in total. The molecule has 1 aromatic heterocycles. The molecule has 126 valence electrons. The number of hydrogen-bond donors (Lipinski definition) is 1. The molecule has 1 N–H and O–H groups in total. The Kier molecular flexibility index (Phi) is 4.89. The molecule has 0 aliphatic carbocycles. The molecule has 0 saturated carbocycles. The van der Waals surface area contributed by atoms with E-state index in [9.17, 15) is 14.0 Å². The molecule has 0 atom stereocenters. The van der Waals surface area contributed by atoms with Crippen molar-refractivity contribution in [3.63, 3.8) is 0 Å². The first kappa shape index (κ1) is 16.6. The quantitative estimate of drug-likeness (QED) is 0.925. The van der Waals surface area contributed by atoms with Gasteiger partial charge in [-0.3, -0.25) is 14.9 Å². The number of amides is 2. The number of aromatic nitrogens is 1. The molecule has 0 radical (unpaired) electrons. The van der Waals surface area contributed by atoms with Gasteiger partial charge in [-0.25, -0.2) is 9.37 Å². The average molecular weight is 347 g/mol. The number of carbonyl (C=O) groups excluding carboxylic acids is 2. The highest BCUT2D eigenvalue weighted by molar-refractivity contribution is 7.17. The molecule has 2 aromatic rings. The zero-order valence-corrected chi connectivity index (χ0v) is 14.2. The third kappa shape index (κ3) is 3.62. The van der Waals surface area contributed by atoms with Crippen LogP contribution in [0.15, 0.2) is 24.3 Å². The molecule has 7 heteroatoms. The van der Waals surface area contributed by atoms with Crippen LogP contribution in [0.5, 0.6) is 0 Å². The fourth-order valence-electron chi connectivity index (χ4n) is 2.69. The number of anilines is 1. The molecule has 3 rings (SSSR count). The second-order valence-corrected chi connectivity index (χ2v) is 6.75. The van der Waals surface area contributed by atoms with Crippen LogP contribution in [0.3, 0.4) is 0 Å². The number of halogens is 1. The van der Waals surface area contributed by atoms with Crippen molar-refractivity contribution in [1.29, 1.82) is 0 Å². The number of piperidine rings is 1. The Morgan fingerprint density at radius 3 is 2.71 bits per heavy atom. The lowest BCUT2D eigenvalue weighted by Crippen LogP contribution is -2.35. The summed E-state index contributed by atoms with van der Waals surface area (Å²) in [5.41, 5.74) is 0.817. The minimum Gasteiger partial charge on any atom is -0.338 e. The monoisotopic (exact) mass is 347 g/mol. The molecule has 2 heterocycles. The molecular weight excluding hydrogens is 329 g/mol. The fourth-order valence-corrected chi connectivity index (χ4v) is 3.62. The summed E-state index contributed by atoms with van der Waals surface area (Å²) >= 11 is 1.16. The highest BCUT2D eigenvalue weighted by Crippen LogP contribution is 2.25. The zero-order valence-electron chi connectivity index (χ0n) is 13.3. The van der Waals surface area contributed by atoms with Crippen LogP contribution >= 0.6 is 11.3 Å². The Hall–Kier alpha value is -2.28. The Bertz CT molecular complexity index is 769. The third-order valence-corrected chi connectivity index (χ3v) is 5.00. The van der Waals surface area contributed by atoms with Crippen LogP contribution in [0.25, 0.3) is 0 Å². The molecule has 1 fully saturated rings. The van der Waals surface area contributed by atoms with E-state index in [0.29, 0.717) is 15.7 Å². The van der Waals surface area contributed by atoms with Crippen molar-refractivity contribution < 1.29 is 14.0 Å². The van der Waals surface area contributed by atoms with E-state index in [1.807, 2.05) is 4.90 Å². The summed E-state index contributed by atoms with van der Waals surface area (Å²) in [5.74, 6) is -0.949. The van der Waals surface area contributed by atoms with Gasteiger partial charge in [0.05, 0.1) is 5.69 Å². The van der Waals surface area contributed by atoms with Crippen LogP contribution in [-0.4, -0.2) is 34.8 Å². The van der Waals surface area contributed by atoms with Gasteiger partial charge >= 0.3 is 0 Å². The van der Waals surface area contributed by atoms with Crippen molar-refractivity contribution in [3.05, 3.63) is 46.2 Å². The summed E-state index contributed by atoms with van der Waals surface area (Å²) < 4.78 is 13.2. The maximum atomic E-state index is 13.2. The summed E-state index contributed by atoms with van der Waals surface area (Å²) in [6, 6.07) is 5.44. The van der Waals surface area contributed by atoms with Gasteiger partial charge in [0.1, 0.15) is 10.7 Å². The van der Waals surface area contributed by atoms with Crippen molar-refractivity contribution >= 4 is 28.3 Å². The SMILES string of the molecule is Cc1nc(NC(=O)c2cccc(F)c2)sc1C(=O)N1CCCCC1. The number of thiazole rings is 1. The predicted octanol–water partition coefficient (Wildman–Crippen LogP) is 3.47. The van der Waals surface area contributed by atoms with Crippen molar-refractivity contribution in [1.82, 2.24) is 9.88 Å². The average Bonchev–Trinajstić information content (AvgIpc) is 2.95. The van der Waals surface area contributed by atoms with Gasteiger partial charge in [-0.1, -0.05) is 17.4 Å². The largest absolute Gasteiger partial charge is 0.338 e. The Balaban J connectivity index is 1.74. The Morgan fingerprint density at radius 1 is 1.25 bits per heavy atom. The maximum Gasteiger partial charge on any atom is 0.265 e. The summed E-state index contributed by atoms with van der Waals surface area (Å²) in [5, 5.41) is 2.98. The normalized spacial score (nSPS) is 14.5. The van der Waals surface area contributed by atoms with E-state index in [-0.39, 0.29) is 11.5 Å². The van der Waals surface area contributed by atoms with Crippen LogP contribution in [-0.2, 0) is 0 Å². The minimum atomic E-state index is -0.473. The zero-order chi connectivity index (χ0) is 17.1. The molecule has 0 spiro atoms. The van der Waals surface area contributed by atoms with E-state index in [1.165, 1.54) is 18.2 Å². The molecule has 0 unspecified atom stereocenters. The van der Waals surface area contributed by atoms with Crippen LogP contribution in [0, 0.1) is 12.7 Å². The van der Waals surface area contributed by atoms with E-state index < -0.39 is 11.7 Å². The van der Waals surface area contributed by atoms with Gasteiger partial charge in [-0.05, 0) is 44.4 Å². The van der Waals surface area contributed by atoms with Gasteiger partial charge in [-0.2, -0.15) is 0 Å². The number of nitrogens with one attached hydrogen (secondary N) is 1. The molecular formula is C17H18FN3O2S. The first-order valence-electron chi connectivity index (χ1n) is 7.88. The molecule has 1 aliphatic rings. The molecule has 1 aliphatic heterocycles. The molecule has 1 aromatic carbocycles. The van der Waals surface area contributed by atoms with Gasteiger partial charge in [0.15, 0.2) is 5.13 Å². The summed E-state index contributed by atoms with van der Waals surface area (Å²) in [4.78, 5) is 31.4. The second kappa shape index (κ2) is 7.09. The molecule has 2 amide bonds. The second-order valence-electron chi connectivity index (χ2n) is 5.75. The van der Waals surface area contributed by atoms with Gasteiger partial charge in [0.25, 0.3) is 11.8 Å². The highest BCUT2D eigenvalue weighted by Gasteiger charge is 2.23. The van der Waals surface area contributed by atoms with E-state index in [0.717, 1.165) is 49.8 Å². The summed E-state index contributed by atoms with van der Waals surface area (Å²) in [6.07, 6.45) is 3.19. The van der Waals surface area contributed by atoms with E-state index in [1.54, 1.807) is 6.92 Å². The molecule has 1 saturated heterocycles. The minimum absolute atomic E-state index is 0.0315. The first-order chi connectivity index (χ1) is 11.5. The van der Waals surface area contributed by atoms with E-state index in [4.69, 9.17) is 0 Å².